The van der Waals surface area contributed by atoms with E-state index in [0.717, 1.165) is 22.5 Å². The molecule has 1 aromatic heterocycles. The largest absolute Gasteiger partial charge is 0.464 e. The number of nitrogens with two attached hydrogens (primary N) is 2. The van der Waals surface area contributed by atoms with Gasteiger partial charge in [-0.1, -0.05) is 0 Å². The van der Waals surface area contributed by atoms with Crippen molar-refractivity contribution in [2.24, 2.45) is 11.5 Å². The molecule has 2 atom stereocenters. The van der Waals surface area contributed by atoms with Gasteiger partial charge in [0.1, 0.15) is 18.2 Å². The zero-order valence-electron chi connectivity index (χ0n) is 11.0. The van der Waals surface area contributed by atoms with Gasteiger partial charge in [-0.25, -0.2) is 0 Å². The van der Waals surface area contributed by atoms with Crippen molar-refractivity contribution in [3.8, 4) is 11.3 Å². The van der Waals surface area contributed by atoms with Gasteiger partial charge < -0.3 is 25.4 Å². The maximum atomic E-state index is 5.89. The van der Waals surface area contributed by atoms with Crippen molar-refractivity contribution < 1.29 is 13.9 Å². The predicted octanol–water partition coefficient (Wildman–Crippen LogP) is 2.15. The van der Waals surface area contributed by atoms with Crippen LogP contribution in [0.25, 0.3) is 11.3 Å². The fourth-order valence-electron chi connectivity index (χ4n) is 1.86. The molecule has 0 saturated carbocycles. The number of hydrogen-bond donors (Lipinski definition) is 2. The van der Waals surface area contributed by atoms with E-state index in [9.17, 15) is 0 Å². The summed E-state index contributed by atoms with van der Waals surface area (Å²) in [6.45, 7) is 0. The van der Waals surface area contributed by atoms with Gasteiger partial charge in [-0.05, 0) is 41.5 Å². The Hall–Kier alpha value is -1.66. The predicted molar refractivity (Wildman–Crippen MR) is 72.0 cm³/mol. The number of furan rings is 1. The van der Waals surface area contributed by atoms with Crippen molar-refractivity contribution in [2.75, 3.05) is 14.2 Å². The molecule has 4 N–H and O–H groups in total. The van der Waals surface area contributed by atoms with Crippen LogP contribution < -0.4 is 11.5 Å². The molecule has 0 fully saturated rings. The number of methoxy groups -OCH3 is 2. The minimum absolute atomic E-state index is 0.516. The van der Waals surface area contributed by atoms with E-state index in [1.54, 1.807) is 20.5 Å². The first-order chi connectivity index (χ1) is 9.15. The van der Waals surface area contributed by atoms with E-state index < -0.39 is 12.5 Å². The molecule has 19 heavy (non-hydrogen) atoms. The SMILES string of the molecule is COC(N)c1cc(-c2ccco2)cc(C(N)OC)c1. The van der Waals surface area contributed by atoms with Crippen LogP contribution in [0.5, 0.6) is 0 Å². The van der Waals surface area contributed by atoms with E-state index in [2.05, 4.69) is 0 Å². The second-order valence-corrected chi connectivity index (χ2v) is 4.18. The van der Waals surface area contributed by atoms with Gasteiger partial charge in [0.05, 0.1) is 6.26 Å². The van der Waals surface area contributed by atoms with Gasteiger partial charge in [0.2, 0.25) is 0 Å². The molecule has 2 unspecified atom stereocenters. The Morgan fingerprint density at radius 1 is 1.00 bits per heavy atom. The molecule has 2 rings (SSSR count). The molecule has 0 aliphatic carbocycles. The fraction of sp³-hybridized carbons (Fsp3) is 0.286. The fourth-order valence-corrected chi connectivity index (χ4v) is 1.86. The first-order valence-electron chi connectivity index (χ1n) is 5.91. The molecule has 102 valence electrons. The zero-order valence-corrected chi connectivity index (χ0v) is 11.0. The summed E-state index contributed by atoms with van der Waals surface area (Å²) in [5, 5.41) is 0. The summed E-state index contributed by atoms with van der Waals surface area (Å²) in [6.07, 6.45) is 0.587. The van der Waals surface area contributed by atoms with Gasteiger partial charge in [-0.2, -0.15) is 0 Å². The van der Waals surface area contributed by atoms with Crippen LogP contribution in [0.2, 0.25) is 0 Å². The first kappa shape index (κ1) is 13.8. The molecular formula is C14H18N2O3. The third-order valence-electron chi connectivity index (χ3n) is 2.95. The highest BCUT2D eigenvalue weighted by molar-refractivity contribution is 5.60. The maximum Gasteiger partial charge on any atom is 0.133 e. The van der Waals surface area contributed by atoms with Crippen LogP contribution >= 0.6 is 0 Å². The summed E-state index contributed by atoms with van der Waals surface area (Å²) >= 11 is 0. The molecule has 5 nitrogen and oxygen atoms in total. The van der Waals surface area contributed by atoms with Crippen LogP contribution in [0.3, 0.4) is 0 Å². The van der Waals surface area contributed by atoms with Crippen LogP contribution in [0.1, 0.15) is 23.6 Å². The number of ether oxygens (including phenoxy) is 2. The zero-order chi connectivity index (χ0) is 13.8. The minimum atomic E-state index is -0.516. The van der Waals surface area contributed by atoms with Gasteiger partial charge in [0.15, 0.2) is 0 Å². The van der Waals surface area contributed by atoms with Gasteiger partial charge in [0, 0.05) is 19.8 Å². The molecule has 0 bridgehead atoms. The lowest BCUT2D eigenvalue weighted by Gasteiger charge is -2.16. The molecule has 0 radical (unpaired) electrons. The minimum Gasteiger partial charge on any atom is -0.464 e. The maximum absolute atomic E-state index is 5.89. The Morgan fingerprint density at radius 2 is 1.58 bits per heavy atom. The summed E-state index contributed by atoms with van der Waals surface area (Å²) in [4.78, 5) is 0. The Morgan fingerprint density at radius 3 is 2.00 bits per heavy atom. The van der Waals surface area contributed by atoms with E-state index >= 15 is 0 Å². The van der Waals surface area contributed by atoms with E-state index in [-0.39, 0.29) is 0 Å². The standard InChI is InChI=1S/C14H18N2O3/c1-17-13(15)10-6-9(12-4-3-5-19-12)7-11(8-10)14(16)18-2/h3-8,13-14H,15-16H2,1-2H3. The topological polar surface area (TPSA) is 83.6 Å². The van der Waals surface area contributed by atoms with E-state index in [0.29, 0.717) is 0 Å². The lowest BCUT2D eigenvalue weighted by Crippen LogP contribution is -2.16. The van der Waals surface area contributed by atoms with Crippen molar-refractivity contribution in [1.29, 1.82) is 0 Å². The summed E-state index contributed by atoms with van der Waals surface area (Å²) in [5.74, 6) is 0.745. The molecule has 2 aromatic rings. The summed E-state index contributed by atoms with van der Waals surface area (Å²) < 4.78 is 15.7. The Balaban J connectivity index is 2.48. The Labute approximate surface area is 112 Å². The molecular weight excluding hydrogens is 244 g/mol. The molecule has 0 aliphatic heterocycles. The lowest BCUT2D eigenvalue weighted by atomic mass is 10.0. The molecule has 1 heterocycles. The summed E-state index contributed by atoms with van der Waals surface area (Å²) in [6, 6.07) is 9.40. The van der Waals surface area contributed by atoms with Crippen LogP contribution in [0, 0.1) is 0 Å². The molecule has 0 spiro atoms. The Kier molecular flexibility index (Phi) is 4.34. The normalized spacial score (nSPS) is 14.3. The lowest BCUT2D eigenvalue weighted by molar-refractivity contribution is 0.104. The van der Waals surface area contributed by atoms with Crippen molar-refractivity contribution in [2.45, 2.75) is 12.5 Å². The third kappa shape index (κ3) is 3.02. The quantitative estimate of drug-likeness (QED) is 0.807. The average Bonchev–Trinajstić information content (AvgIpc) is 2.99. The highest BCUT2D eigenvalue weighted by Crippen LogP contribution is 2.27. The summed E-state index contributed by atoms with van der Waals surface area (Å²) in [5.41, 5.74) is 14.3. The van der Waals surface area contributed by atoms with Crippen molar-refractivity contribution >= 4 is 0 Å². The summed E-state index contributed by atoms with van der Waals surface area (Å²) in [7, 11) is 3.11. The van der Waals surface area contributed by atoms with Gasteiger partial charge >= 0.3 is 0 Å². The second kappa shape index (κ2) is 5.99. The molecule has 0 amide bonds. The highest BCUT2D eigenvalue weighted by atomic mass is 16.5. The molecule has 1 aromatic carbocycles. The highest BCUT2D eigenvalue weighted by Gasteiger charge is 2.13. The van der Waals surface area contributed by atoms with E-state index in [1.165, 1.54) is 0 Å². The van der Waals surface area contributed by atoms with Crippen molar-refractivity contribution in [1.82, 2.24) is 0 Å². The van der Waals surface area contributed by atoms with Gasteiger partial charge in [0.25, 0.3) is 0 Å². The number of benzene rings is 1. The van der Waals surface area contributed by atoms with Crippen molar-refractivity contribution in [3.63, 3.8) is 0 Å². The van der Waals surface area contributed by atoms with Crippen LogP contribution in [-0.2, 0) is 9.47 Å². The van der Waals surface area contributed by atoms with Gasteiger partial charge in [-0.15, -0.1) is 0 Å². The van der Waals surface area contributed by atoms with E-state index in [1.807, 2.05) is 30.3 Å². The smallest absolute Gasteiger partial charge is 0.133 e. The monoisotopic (exact) mass is 262 g/mol. The van der Waals surface area contributed by atoms with E-state index in [4.69, 9.17) is 25.4 Å². The molecule has 5 heteroatoms. The Bertz CT molecular complexity index is 497. The molecule has 0 saturated heterocycles. The van der Waals surface area contributed by atoms with Crippen molar-refractivity contribution in [3.05, 3.63) is 47.7 Å². The average molecular weight is 262 g/mol. The number of rotatable bonds is 5. The number of hydrogen-bond acceptors (Lipinski definition) is 5. The first-order valence-corrected chi connectivity index (χ1v) is 5.91. The van der Waals surface area contributed by atoms with Gasteiger partial charge in [-0.3, -0.25) is 0 Å². The van der Waals surface area contributed by atoms with Crippen LogP contribution in [0.4, 0.5) is 0 Å². The third-order valence-corrected chi connectivity index (χ3v) is 2.95. The van der Waals surface area contributed by atoms with Crippen LogP contribution in [-0.4, -0.2) is 14.2 Å². The van der Waals surface area contributed by atoms with Crippen LogP contribution in [0.15, 0.2) is 41.0 Å². The second-order valence-electron chi connectivity index (χ2n) is 4.18. The molecule has 0 aliphatic rings.